The van der Waals surface area contributed by atoms with E-state index in [0.29, 0.717) is 6.54 Å². The lowest BCUT2D eigenvalue weighted by atomic mass is 10.1. The Bertz CT molecular complexity index is 906. The summed E-state index contributed by atoms with van der Waals surface area (Å²) in [6.07, 6.45) is 1.68. The number of anilines is 2. The van der Waals surface area contributed by atoms with Crippen molar-refractivity contribution < 1.29 is 4.42 Å². The van der Waals surface area contributed by atoms with Gasteiger partial charge in [0.2, 0.25) is 0 Å². The highest BCUT2D eigenvalue weighted by atomic mass is 16.3. The molecule has 4 N–H and O–H groups in total. The van der Waals surface area contributed by atoms with Crippen LogP contribution in [0.5, 0.6) is 0 Å². The normalized spacial score (nSPS) is 11.2. The topological polar surface area (TPSA) is 67.0 Å². The van der Waals surface area contributed by atoms with Gasteiger partial charge >= 0.3 is 0 Å². The number of H-pyrrole nitrogens is 1. The molecule has 0 fully saturated rings. The van der Waals surface area contributed by atoms with Gasteiger partial charge in [-0.3, -0.25) is 0 Å². The van der Waals surface area contributed by atoms with Crippen LogP contribution in [-0.4, -0.2) is 4.98 Å². The molecule has 0 aliphatic carbocycles. The van der Waals surface area contributed by atoms with Gasteiger partial charge in [0.25, 0.3) is 0 Å². The van der Waals surface area contributed by atoms with E-state index in [1.54, 1.807) is 6.26 Å². The molecule has 2 heterocycles. The lowest BCUT2D eigenvalue weighted by Gasteiger charge is -2.08. The Labute approximate surface area is 121 Å². The first-order chi connectivity index (χ1) is 10.3. The highest BCUT2D eigenvalue weighted by Gasteiger charge is 2.11. The summed E-state index contributed by atoms with van der Waals surface area (Å²) in [4.78, 5) is 3.39. The van der Waals surface area contributed by atoms with Crippen LogP contribution in [0.2, 0.25) is 0 Å². The van der Waals surface area contributed by atoms with Crippen molar-refractivity contribution in [3.63, 3.8) is 0 Å². The molecule has 0 radical (unpaired) electrons. The van der Waals surface area contributed by atoms with Gasteiger partial charge in [-0.15, -0.1) is 0 Å². The molecular formula is C17H15N3O. The van der Waals surface area contributed by atoms with Gasteiger partial charge in [-0.1, -0.05) is 18.2 Å². The summed E-state index contributed by atoms with van der Waals surface area (Å²) >= 11 is 0. The molecule has 0 unspecified atom stereocenters. The van der Waals surface area contributed by atoms with Crippen molar-refractivity contribution in [2.45, 2.75) is 6.54 Å². The van der Waals surface area contributed by atoms with Crippen molar-refractivity contribution in [1.29, 1.82) is 0 Å². The van der Waals surface area contributed by atoms with Gasteiger partial charge in [0, 0.05) is 22.0 Å². The zero-order valence-electron chi connectivity index (χ0n) is 11.4. The van der Waals surface area contributed by atoms with E-state index in [4.69, 9.17) is 10.2 Å². The van der Waals surface area contributed by atoms with Gasteiger partial charge in [0.1, 0.15) is 5.76 Å². The Hall–Kier alpha value is -2.88. The summed E-state index contributed by atoms with van der Waals surface area (Å²) in [5.74, 6) is 0.903. The quantitative estimate of drug-likeness (QED) is 0.494. The zero-order valence-corrected chi connectivity index (χ0v) is 11.4. The Morgan fingerprint density at radius 1 is 1.05 bits per heavy atom. The smallest absolute Gasteiger partial charge is 0.122 e. The van der Waals surface area contributed by atoms with Crippen LogP contribution in [0.1, 0.15) is 5.76 Å². The summed E-state index contributed by atoms with van der Waals surface area (Å²) in [6, 6.07) is 16.0. The molecule has 4 rings (SSSR count). The Morgan fingerprint density at radius 3 is 2.81 bits per heavy atom. The minimum atomic E-state index is 0.644. The predicted octanol–water partition coefficient (Wildman–Crippen LogP) is 4.11. The first kappa shape index (κ1) is 11.9. The van der Waals surface area contributed by atoms with Crippen LogP contribution in [0, 0.1) is 0 Å². The van der Waals surface area contributed by atoms with E-state index in [-0.39, 0.29) is 0 Å². The Kier molecular flexibility index (Phi) is 2.60. The molecule has 0 aliphatic rings. The van der Waals surface area contributed by atoms with Crippen LogP contribution in [0.3, 0.4) is 0 Å². The van der Waals surface area contributed by atoms with Crippen molar-refractivity contribution in [2.75, 3.05) is 11.1 Å². The molecule has 104 valence electrons. The van der Waals surface area contributed by atoms with Crippen LogP contribution in [0.15, 0.2) is 59.2 Å². The number of para-hydroxylation sites is 1. The van der Waals surface area contributed by atoms with E-state index >= 15 is 0 Å². The SMILES string of the molecule is Nc1ccc(NCc2ccco2)c2c1[nH]c1ccccc12. The molecule has 4 heteroatoms. The number of hydrogen-bond acceptors (Lipinski definition) is 3. The first-order valence-electron chi connectivity index (χ1n) is 6.88. The molecule has 0 bridgehead atoms. The van der Waals surface area contributed by atoms with Crippen LogP contribution in [0.4, 0.5) is 11.4 Å². The summed E-state index contributed by atoms with van der Waals surface area (Å²) in [7, 11) is 0. The highest BCUT2D eigenvalue weighted by molar-refractivity contribution is 6.16. The van der Waals surface area contributed by atoms with Crippen molar-refractivity contribution in [3.8, 4) is 0 Å². The summed E-state index contributed by atoms with van der Waals surface area (Å²) < 4.78 is 5.36. The third-order valence-corrected chi connectivity index (χ3v) is 3.73. The van der Waals surface area contributed by atoms with Crippen molar-refractivity contribution >= 4 is 33.2 Å². The average Bonchev–Trinajstić information content (AvgIpc) is 3.14. The fourth-order valence-corrected chi connectivity index (χ4v) is 2.72. The van der Waals surface area contributed by atoms with E-state index in [1.807, 2.05) is 36.4 Å². The molecule has 2 aromatic heterocycles. The van der Waals surface area contributed by atoms with Crippen LogP contribution >= 0.6 is 0 Å². The van der Waals surface area contributed by atoms with Gasteiger partial charge in [-0.2, -0.15) is 0 Å². The fourth-order valence-electron chi connectivity index (χ4n) is 2.72. The minimum absolute atomic E-state index is 0.644. The predicted molar refractivity (Wildman–Crippen MR) is 86.3 cm³/mol. The lowest BCUT2D eigenvalue weighted by molar-refractivity contribution is 0.518. The van der Waals surface area contributed by atoms with E-state index in [9.17, 15) is 0 Å². The molecule has 0 atom stereocenters. The number of benzene rings is 2. The maximum absolute atomic E-state index is 6.10. The number of nitrogens with two attached hydrogens (primary N) is 1. The zero-order chi connectivity index (χ0) is 14.2. The highest BCUT2D eigenvalue weighted by Crippen LogP contribution is 2.34. The molecule has 0 aliphatic heterocycles. The molecule has 0 spiro atoms. The molecule has 4 nitrogen and oxygen atoms in total. The van der Waals surface area contributed by atoms with Crippen molar-refractivity contribution in [3.05, 3.63) is 60.6 Å². The average molecular weight is 277 g/mol. The van der Waals surface area contributed by atoms with Gasteiger partial charge in [0.15, 0.2) is 0 Å². The minimum Gasteiger partial charge on any atom is -0.467 e. The number of nitrogens with one attached hydrogen (secondary N) is 2. The largest absolute Gasteiger partial charge is 0.467 e. The Balaban J connectivity index is 1.86. The maximum atomic E-state index is 6.10. The molecule has 4 aromatic rings. The molecule has 0 saturated heterocycles. The molecule has 21 heavy (non-hydrogen) atoms. The summed E-state index contributed by atoms with van der Waals surface area (Å²) in [6.45, 7) is 0.644. The summed E-state index contributed by atoms with van der Waals surface area (Å²) in [5, 5.41) is 5.72. The second-order valence-electron chi connectivity index (χ2n) is 5.06. The van der Waals surface area contributed by atoms with E-state index in [1.165, 1.54) is 5.39 Å². The second kappa shape index (κ2) is 4.59. The molecule has 2 aromatic carbocycles. The number of aromatic nitrogens is 1. The molecule has 0 amide bonds. The van der Waals surface area contributed by atoms with Gasteiger partial charge < -0.3 is 20.5 Å². The van der Waals surface area contributed by atoms with Crippen LogP contribution < -0.4 is 11.1 Å². The van der Waals surface area contributed by atoms with E-state index < -0.39 is 0 Å². The molecular weight excluding hydrogens is 262 g/mol. The fraction of sp³-hybridized carbons (Fsp3) is 0.0588. The maximum Gasteiger partial charge on any atom is 0.122 e. The lowest BCUT2D eigenvalue weighted by Crippen LogP contribution is -1.99. The number of hydrogen-bond donors (Lipinski definition) is 3. The third-order valence-electron chi connectivity index (χ3n) is 3.73. The standard InChI is InChI=1S/C17H15N3O/c18-13-7-8-15(19-10-11-4-3-9-21-11)16-12-5-1-2-6-14(12)20-17(13)16/h1-9,19-20H,10,18H2. The monoisotopic (exact) mass is 277 g/mol. The van der Waals surface area contributed by atoms with Crippen molar-refractivity contribution in [1.82, 2.24) is 4.98 Å². The number of aromatic amines is 1. The first-order valence-corrected chi connectivity index (χ1v) is 6.88. The van der Waals surface area contributed by atoms with Crippen LogP contribution in [0.25, 0.3) is 21.8 Å². The third kappa shape index (κ3) is 1.92. The van der Waals surface area contributed by atoms with Crippen molar-refractivity contribution in [2.24, 2.45) is 0 Å². The number of rotatable bonds is 3. The van der Waals surface area contributed by atoms with Gasteiger partial charge in [-0.25, -0.2) is 0 Å². The number of fused-ring (bicyclic) bond motifs is 3. The van der Waals surface area contributed by atoms with E-state index in [0.717, 1.165) is 33.6 Å². The van der Waals surface area contributed by atoms with Crippen LogP contribution in [-0.2, 0) is 6.54 Å². The number of furan rings is 1. The van der Waals surface area contributed by atoms with E-state index in [2.05, 4.69) is 22.4 Å². The summed E-state index contributed by atoms with van der Waals surface area (Å²) in [5.41, 5.74) is 9.97. The Morgan fingerprint density at radius 2 is 1.95 bits per heavy atom. The van der Waals surface area contributed by atoms with Gasteiger partial charge in [-0.05, 0) is 30.3 Å². The molecule has 0 saturated carbocycles. The number of nitrogen functional groups attached to an aromatic ring is 1. The van der Waals surface area contributed by atoms with Gasteiger partial charge in [0.05, 0.1) is 24.0 Å². The second-order valence-corrected chi connectivity index (χ2v) is 5.06.